The Morgan fingerprint density at radius 2 is 2.12 bits per heavy atom. The summed E-state index contributed by atoms with van der Waals surface area (Å²) in [6.45, 7) is 7.23. The molecule has 1 atom stereocenters. The van der Waals surface area contributed by atoms with E-state index in [-0.39, 0.29) is 6.04 Å². The SMILES string of the molecule is CCNC(=NCCc1nc(C(F)(F)F)cs1)NC(C)Cc1ccc(C)s1. The van der Waals surface area contributed by atoms with Crippen LogP contribution in [0.25, 0.3) is 0 Å². The molecule has 0 aliphatic carbocycles. The summed E-state index contributed by atoms with van der Waals surface area (Å²) in [5, 5.41) is 8.00. The van der Waals surface area contributed by atoms with Gasteiger partial charge in [0.15, 0.2) is 11.7 Å². The van der Waals surface area contributed by atoms with Gasteiger partial charge in [-0.3, -0.25) is 4.99 Å². The molecule has 2 N–H and O–H groups in total. The quantitative estimate of drug-likeness (QED) is 0.536. The van der Waals surface area contributed by atoms with Gasteiger partial charge >= 0.3 is 6.18 Å². The number of nitrogens with one attached hydrogen (secondary N) is 2. The van der Waals surface area contributed by atoms with Gasteiger partial charge in [0, 0.05) is 47.1 Å². The summed E-state index contributed by atoms with van der Waals surface area (Å²) in [7, 11) is 0. The van der Waals surface area contributed by atoms with Crippen LogP contribution in [0.2, 0.25) is 0 Å². The monoisotopic (exact) mass is 404 g/mol. The van der Waals surface area contributed by atoms with Crippen LogP contribution < -0.4 is 10.6 Å². The Bertz CT molecular complexity index is 722. The van der Waals surface area contributed by atoms with Crippen LogP contribution in [0.1, 0.15) is 34.3 Å². The van der Waals surface area contributed by atoms with Gasteiger partial charge in [-0.15, -0.1) is 22.7 Å². The number of alkyl halides is 3. The molecule has 0 aliphatic heterocycles. The lowest BCUT2D eigenvalue weighted by atomic mass is 10.2. The van der Waals surface area contributed by atoms with E-state index in [1.807, 2.05) is 6.92 Å². The molecule has 0 fully saturated rings. The van der Waals surface area contributed by atoms with Crippen molar-refractivity contribution < 1.29 is 13.2 Å². The van der Waals surface area contributed by atoms with Crippen LogP contribution in [0.3, 0.4) is 0 Å². The minimum atomic E-state index is -4.38. The number of guanidine groups is 1. The lowest BCUT2D eigenvalue weighted by Crippen LogP contribution is -2.43. The maximum Gasteiger partial charge on any atom is 0.434 e. The van der Waals surface area contributed by atoms with E-state index in [0.29, 0.717) is 30.5 Å². The lowest BCUT2D eigenvalue weighted by molar-refractivity contribution is -0.140. The zero-order valence-corrected chi connectivity index (χ0v) is 16.6. The van der Waals surface area contributed by atoms with Gasteiger partial charge in [-0.2, -0.15) is 13.2 Å². The number of hydrogen-bond donors (Lipinski definition) is 2. The van der Waals surface area contributed by atoms with Gasteiger partial charge in [0.25, 0.3) is 0 Å². The fourth-order valence-electron chi connectivity index (χ4n) is 2.32. The van der Waals surface area contributed by atoms with Gasteiger partial charge in [0.1, 0.15) is 0 Å². The van der Waals surface area contributed by atoms with Crippen molar-refractivity contribution in [3.05, 3.63) is 38.0 Å². The Kier molecular flexibility index (Phi) is 7.45. The zero-order chi connectivity index (χ0) is 19.2. The summed E-state index contributed by atoms with van der Waals surface area (Å²) in [5.74, 6) is 0.667. The van der Waals surface area contributed by atoms with E-state index in [0.717, 1.165) is 23.1 Å². The molecule has 26 heavy (non-hydrogen) atoms. The average molecular weight is 405 g/mol. The summed E-state index contributed by atoms with van der Waals surface area (Å²) in [4.78, 5) is 10.7. The van der Waals surface area contributed by atoms with E-state index in [4.69, 9.17) is 0 Å². The molecule has 0 saturated heterocycles. The molecular formula is C17H23F3N4S2. The smallest absolute Gasteiger partial charge is 0.357 e. The van der Waals surface area contributed by atoms with Crippen molar-refractivity contribution in [1.29, 1.82) is 0 Å². The molecule has 0 radical (unpaired) electrons. The second-order valence-corrected chi connectivity index (χ2v) is 8.21. The molecular weight excluding hydrogens is 381 g/mol. The third kappa shape index (κ3) is 6.60. The number of halogens is 3. The van der Waals surface area contributed by atoms with Crippen LogP contribution in [-0.2, 0) is 19.0 Å². The number of nitrogens with zero attached hydrogens (tertiary/aromatic N) is 2. The Labute approximate surface area is 159 Å². The molecule has 0 saturated carbocycles. The highest BCUT2D eigenvalue weighted by atomic mass is 32.1. The summed E-state index contributed by atoms with van der Waals surface area (Å²) >= 11 is 2.80. The number of hydrogen-bond acceptors (Lipinski definition) is 4. The van der Waals surface area contributed by atoms with E-state index in [2.05, 4.69) is 46.6 Å². The number of aromatic nitrogens is 1. The van der Waals surface area contributed by atoms with E-state index in [1.165, 1.54) is 9.75 Å². The largest absolute Gasteiger partial charge is 0.434 e. The molecule has 2 rings (SSSR count). The predicted molar refractivity (Wildman–Crippen MR) is 102 cm³/mol. The van der Waals surface area contributed by atoms with Gasteiger partial charge in [-0.25, -0.2) is 4.98 Å². The maximum absolute atomic E-state index is 12.6. The molecule has 2 aromatic heterocycles. The molecule has 0 aliphatic rings. The number of aryl methyl sites for hydroxylation is 1. The maximum atomic E-state index is 12.6. The Hall–Kier alpha value is -1.61. The number of aliphatic imine (C=N–C) groups is 1. The first-order valence-corrected chi connectivity index (χ1v) is 10.1. The van der Waals surface area contributed by atoms with Crippen molar-refractivity contribution in [3.8, 4) is 0 Å². The van der Waals surface area contributed by atoms with Gasteiger partial charge in [0.2, 0.25) is 0 Å². The van der Waals surface area contributed by atoms with Crippen molar-refractivity contribution in [1.82, 2.24) is 15.6 Å². The zero-order valence-electron chi connectivity index (χ0n) is 15.0. The van der Waals surface area contributed by atoms with Gasteiger partial charge < -0.3 is 10.6 Å². The van der Waals surface area contributed by atoms with Crippen LogP contribution in [0.5, 0.6) is 0 Å². The summed E-state index contributed by atoms with van der Waals surface area (Å²) < 4.78 is 37.7. The van der Waals surface area contributed by atoms with E-state index >= 15 is 0 Å². The lowest BCUT2D eigenvalue weighted by Gasteiger charge is -2.17. The predicted octanol–water partition coefficient (Wildman–Crippen LogP) is 4.26. The van der Waals surface area contributed by atoms with Gasteiger partial charge in [0.05, 0.1) is 5.01 Å². The topological polar surface area (TPSA) is 49.3 Å². The Morgan fingerprint density at radius 1 is 1.35 bits per heavy atom. The molecule has 0 bridgehead atoms. The van der Waals surface area contributed by atoms with E-state index < -0.39 is 11.9 Å². The van der Waals surface area contributed by atoms with Gasteiger partial charge in [-0.05, 0) is 32.9 Å². The van der Waals surface area contributed by atoms with Crippen molar-refractivity contribution >= 4 is 28.6 Å². The highest BCUT2D eigenvalue weighted by Gasteiger charge is 2.33. The third-order valence-electron chi connectivity index (χ3n) is 3.47. The third-order valence-corrected chi connectivity index (χ3v) is 5.40. The molecule has 9 heteroatoms. The molecule has 0 spiro atoms. The molecule has 4 nitrogen and oxygen atoms in total. The minimum absolute atomic E-state index is 0.197. The molecule has 2 aromatic rings. The number of thiazole rings is 1. The molecule has 144 valence electrons. The first-order chi connectivity index (χ1) is 12.3. The molecule has 0 aromatic carbocycles. The highest BCUT2D eigenvalue weighted by molar-refractivity contribution is 7.11. The fourth-order valence-corrected chi connectivity index (χ4v) is 4.13. The number of rotatable bonds is 7. The van der Waals surface area contributed by atoms with Crippen molar-refractivity contribution in [3.63, 3.8) is 0 Å². The van der Waals surface area contributed by atoms with Crippen molar-refractivity contribution in [2.24, 2.45) is 4.99 Å². The van der Waals surface area contributed by atoms with E-state index in [1.54, 1.807) is 11.3 Å². The van der Waals surface area contributed by atoms with Crippen LogP contribution in [0, 0.1) is 6.92 Å². The molecule has 2 heterocycles. The summed E-state index contributed by atoms with van der Waals surface area (Å²) in [6, 6.07) is 4.43. The minimum Gasteiger partial charge on any atom is -0.357 e. The van der Waals surface area contributed by atoms with Gasteiger partial charge in [-0.1, -0.05) is 0 Å². The first kappa shape index (κ1) is 20.7. The molecule has 1 unspecified atom stereocenters. The molecule has 0 amide bonds. The Morgan fingerprint density at radius 3 is 2.69 bits per heavy atom. The standard InChI is InChI=1S/C17H23F3N4S2/c1-4-21-16(23-11(2)9-13-6-5-12(3)26-13)22-8-7-15-24-14(10-25-15)17(18,19)20/h5-6,10-11H,4,7-9H2,1-3H3,(H2,21,22,23). The second kappa shape index (κ2) is 9.36. The van der Waals surface area contributed by atoms with Crippen LogP contribution in [0.4, 0.5) is 13.2 Å². The summed E-state index contributed by atoms with van der Waals surface area (Å²) in [6.07, 6.45) is -3.11. The second-order valence-electron chi connectivity index (χ2n) is 5.90. The fraction of sp³-hybridized carbons (Fsp3) is 0.529. The van der Waals surface area contributed by atoms with Crippen LogP contribution in [0.15, 0.2) is 22.5 Å². The first-order valence-electron chi connectivity index (χ1n) is 8.39. The summed E-state index contributed by atoms with van der Waals surface area (Å²) in [5.41, 5.74) is -0.827. The normalized spacial score (nSPS) is 13.7. The number of thiophene rings is 1. The van der Waals surface area contributed by atoms with Crippen LogP contribution in [-0.4, -0.2) is 30.1 Å². The van der Waals surface area contributed by atoms with Crippen LogP contribution >= 0.6 is 22.7 Å². The van der Waals surface area contributed by atoms with Crippen molar-refractivity contribution in [2.75, 3.05) is 13.1 Å². The highest BCUT2D eigenvalue weighted by Crippen LogP contribution is 2.30. The average Bonchev–Trinajstić information content (AvgIpc) is 3.16. The Balaban J connectivity index is 1.88. The van der Waals surface area contributed by atoms with E-state index in [9.17, 15) is 13.2 Å². The van der Waals surface area contributed by atoms with Crippen molar-refractivity contribution in [2.45, 2.75) is 45.8 Å².